The quantitative estimate of drug-likeness (QED) is 0.904. The van der Waals surface area contributed by atoms with E-state index >= 15 is 0 Å². The Hall–Kier alpha value is -1.52. The lowest BCUT2D eigenvalue weighted by atomic mass is 9.98. The molecule has 0 amide bonds. The van der Waals surface area contributed by atoms with Crippen LogP contribution in [0.3, 0.4) is 0 Å². The molecular weight excluding hydrogens is 238 g/mol. The van der Waals surface area contributed by atoms with Gasteiger partial charge in [-0.25, -0.2) is 9.67 Å². The predicted molar refractivity (Wildman–Crippen MR) is 76.9 cm³/mol. The van der Waals surface area contributed by atoms with E-state index in [2.05, 4.69) is 35.4 Å². The van der Waals surface area contributed by atoms with E-state index in [1.165, 1.54) is 12.8 Å². The first kappa shape index (κ1) is 12.5. The van der Waals surface area contributed by atoms with Crippen LogP contribution >= 0.6 is 0 Å². The fraction of sp³-hybridized carbons (Fsp3) is 0.714. The highest BCUT2D eigenvalue weighted by Crippen LogP contribution is 2.42. The largest absolute Gasteiger partial charge is 0.369 e. The molecule has 2 N–H and O–H groups in total. The van der Waals surface area contributed by atoms with E-state index in [1.807, 2.05) is 11.6 Å². The smallest absolute Gasteiger partial charge is 0.202 e. The van der Waals surface area contributed by atoms with Crippen LogP contribution < -0.4 is 5.73 Å². The summed E-state index contributed by atoms with van der Waals surface area (Å²) >= 11 is 0. The van der Waals surface area contributed by atoms with Crippen LogP contribution in [0.1, 0.15) is 45.3 Å². The maximum absolute atomic E-state index is 6.19. The minimum Gasteiger partial charge on any atom is -0.369 e. The van der Waals surface area contributed by atoms with Crippen molar-refractivity contribution in [2.75, 3.05) is 5.73 Å². The molecule has 0 aliphatic heterocycles. The Morgan fingerprint density at radius 2 is 2.05 bits per heavy atom. The molecule has 3 rings (SSSR count). The molecule has 0 saturated heterocycles. The molecule has 1 aliphatic rings. The summed E-state index contributed by atoms with van der Waals surface area (Å²) in [5.41, 5.74) is 9.23. The fourth-order valence-corrected chi connectivity index (χ4v) is 3.46. The van der Waals surface area contributed by atoms with Crippen LogP contribution in [-0.2, 0) is 6.54 Å². The number of anilines is 1. The van der Waals surface area contributed by atoms with Crippen molar-refractivity contribution in [2.24, 2.45) is 11.8 Å². The Morgan fingerprint density at radius 1 is 1.32 bits per heavy atom. The first-order valence-corrected chi connectivity index (χ1v) is 7.25. The van der Waals surface area contributed by atoms with Gasteiger partial charge < -0.3 is 5.73 Å². The Labute approximate surface area is 113 Å². The van der Waals surface area contributed by atoms with Gasteiger partial charge in [-0.2, -0.15) is 5.10 Å². The molecule has 5 heteroatoms. The molecule has 0 bridgehead atoms. The summed E-state index contributed by atoms with van der Waals surface area (Å²) in [6, 6.07) is 0.460. The number of rotatable bonds is 2. The number of aromatic nitrogens is 4. The van der Waals surface area contributed by atoms with Gasteiger partial charge in [-0.1, -0.05) is 13.8 Å². The third-order valence-electron chi connectivity index (χ3n) is 4.82. The van der Waals surface area contributed by atoms with Gasteiger partial charge >= 0.3 is 0 Å². The summed E-state index contributed by atoms with van der Waals surface area (Å²) in [6.07, 6.45) is 2.45. The van der Waals surface area contributed by atoms with Crippen molar-refractivity contribution >= 4 is 17.1 Å². The van der Waals surface area contributed by atoms with Gasteiger partial charge in [-0.3, -0.25) is 4.57 Å². The van der Waals surface area contributed by atoms with E-state index in [9.17, 15) is 0 Å². The molecule has 0 spiro atoms. The second kappa shape index (κ2) is 4.25. The van der Waals surface area contributed by atoms with Crippen molar-refractivity contribution in [3.05, 3.63) is 5.69 Å². The van der Waals surface area contributed by atoms with Crippen molar-refractivity contribution in [3.63, 3.8) is 0 Å². The lowest BCUT2D eigenvalue weighted by Crippen LogP contribution is -2.18. The summed E-state index contributed by atoms with van der Waals surface area (Å²) < 4.78 is 4.26. The number of fused-ring (bicyclic) bond motifs is 1. The molecule has 1 fully saturated rings. The SMILES string of the molecule is CCn1nc(C)c2nc(N)n(C3CCC(C)C3C)c21. The van der Waals surface area contributed by atoms with Crippen LogP contribution in [0.15, 0.2) is 0 Å². The number of imidazole rings is 1. The Kier molecular flexibility index (Phi) is 2.80. The second-order valence-corrected chi connectivity index (χ2v) is 5.89. The minimum atomic E-state index is 0.460. The van der Waals surface area contributed by atoms with Crippen molar-refractivity contribution in [1.29, 1.82) is 0 Å². The number of nitrogen functional groups attached to an aromatic ring is 1. The van der Waals surface area contributed by atoms with Crippen LogP contribution in [0.25, 0.3) is 11.2 Å². The number of nitrogens with zero attached hydrogens (tertiary/aromatic N) is 4. The summed E-state index contributed by atoms with van der Waals surface area (Å²) in [4.78, 5) is 4.54. The monoisotopic (exact) mass is 261 g/mol. The summed E-state index contributed by atoms with van der Waals surface area (Å²) in [5, 5.41) is 4.56. The zero-order chi connectivity index (χ0) is 13.7. The predicted octanol–water partition coefficient (Wildman–Crippen LogP) is 2.75. The summed E-state index contributed by atoms with van der Waals surface area (Å²) in [7, 11) is 0. The summed E-state index contributed by atoms with van der Waals surface area (Å²) in [5.74, 6) is 2.03. The lowest BCUT2D eigenvalue weighted by Gasteiger charge is -2.21. The van der Waals surface area contributed by atoms with Gasteiger partial charge in [0.1, 0.15) is 5.52 Å². The van der Waals surface area contributed by atoms with Gasteiger partial charge in [0.25, 0.3) is 0 Å². The van der Waals surface area contributed by atoms with Crippen LogP contribution in [0.4, 0.5) is 5.95 Å². The van der Waals surface area contributed by atoms with Crippen LogP contribution in [0.5, 0.6) is 0 Å². The van der Waals surface area contributed by atoms with Gasteiger partial charge in [0.05, 0.1) is 5.69 Å². The first-order valence-electron chi connectivity index (χ1n) is 7.25. The summed E-state index contributed by atoms with van der Waals surface area (Å²) in [6.45, 7) is 9.63. The Morgan fingerprint density at radius 3 is 2.63 bits per heavy atom. The normalized spacial score (nSPS) is 27.5. The van der Waals surface area contributed by atoms with Gasteiger partial charge in [0.2, 0.25) is 5.95 Å². The average Bonchev–Trinajstić information content (AvgIpc) is 2.97. The molecule has 104 valence electrons. The van der Waals surface area contributed by atoms with Gasteiger partial charge in [-0.15, -0.1) is 0 Å². The standard InChI is InChI=1S/C14H23N5/c1-5-18-13-12(10(4)17-18)16-14(15)19(13)11-7-6-8(2)9(11)3/h8-9,11H,5-7H2,1-4H3,(H2,15,16). The van der Waals surface area contributed by atoms with Crippen LogP contribution in [0.2, 0.25) is 0 Å². The number of nitrogens with two attached hydrogens (primary N) is 1. The third-order valence-corrected chi connectivity index (χ3v) is 4.82. The molecule has 2 aromatic rings. The van der Waals surface area contributed by atoms with Crippen molar-refractivity contribution < 1.29 is 0 Å². The number of aryl methyl sites for hydroxylation is 2. The van der Waals surface area contributed by atoms with Crippen molar-refractivity contribution in [2.45, 2.75) is 53.1 Å². The minimum absolute atomic E-state index is 0.460. The average molecular weight is 261 g/mol. The molecule has 0 radical (unpaired) electrons. The van der Waals surface area contributed by atoms with E-state index in [4.69, 9.17) is 5.73 Å². The number of hydrogen-bond donors (Lipinski definition) is 1. The maximum atomic E-state index is 6.19. The second-order valence-electron chi connectivity index (χ2n) is 5.89. The maximum Gasteiger partial charge on any atom is 0.202 e. The van der Waals surface area contributed by atoms with E-state index in [0.717, 1.165) is 29.3 Å². The highest BCUT2D eigenvalue weighted by molar-refractivity contribution is 5.77. The molecule has 2 aromatic heterocycles. The van der Waals surface area contributed by atoms with Gasteiger partial charge in [0, 0.05) is 12.6 Å². The van der Waals surface area contributed by atoms with E-state index in [0.29, 0.717) is 17.9 Å². The van der Waals surface area contributed by atoms with E-state index < -0.39 is 0 Å². The highest BCUT2D eigenvalue weighted by Gasteiger charge is 2.34. The first-order chi connectivity index (χ1) is 9.04. The zero-order valence-electron chi connectivity index (χ0n) is 12.2. The molecule has 3 atom stereocenters. The number of hydrogen-bond acceptors (Lipinski definition) is 3. The van der Waals surface area contributed by atoms with Gasteiger partial charge in [-0.05, 0) is 38.5 Å². The van der Waals surface area contributed by atoms with E-state index in [1.54, 1.807) is 0 Å². The topological polar surface area (TPSA) is 61.7 Å². The third kappa shape index (κ3) is 1.67. The fourth-order valence-electron chi connectivity index (χ4n) is 3.46. The molecule has 5 nitrogen and oxygen atoms in total. The molecule has 2 heterocycles. The van der Waals surface area contributed by atoms with Gasteiger partial charge in [0.15, 0.2) is 5.65 Å². The molecule has 0 aromatic carbocycles. The molecular formula is C14H23N5. The van der Waals surface area contributed by atoms with Crippen molar-refractivity contribution in [1.82, 2.24) is 19.3 Å². The molecule has 3 unspecified atom stereocenters. The molecule has 19 heavy (non-hydrogen) atoms. The highest BCUT2D eigenvalue weighted by atomic mass is 15.4. The van der Waals surface area contributed by atoms with Crippen molar-refractivity contribution in [3.8, 4) is 0 Å². The van der Waals surface area contributed by atoms with Crippen LogP contribution in [0, 0.1) is 18.8 Å². The zero-order valence-corrected chi connectivity index (χ0v) is 12.2. The Balaban J connectivity index is 2.20. The lowest BCUT2D eigenvalue weighted by molar-refractivity contribution is 0.358. The van der Waals surface area contributed by atoms with E-state index in [-0.39, 0.29) is 0 Å². The molecule has 1 aliphatic carbocycles. The Bertz CT molecular complexity index is 609. The molecule has 1 saturated carbocycles. The van der Waals surface area contributed by atoms with Crippen LogP contribution in [-0.4, -0.2) is 19.3 Å².